The molecule has 0 spiro atoms. The molecule has 1 fully saturated rings. The Morgan fingerprint density at radius 2 is 1.91 bits per heavy atom. The molecule has 1 aromatic rings. The first-order valence-electron chi connectivity index (χ1n) is 8.70. The Bertz CT molecular complexity index is 498. The summed E-state index contributed by atoms with van der Waals surface area (Å²) in [6.07, 6.45) is 4.39. The molecule has 0 saturated carbocycles. The summed E-state index contributed by atoms with van der Waals surface area (Å²) in [7, 11) is 0. The molecule has 1 aliphatic heterocycles. The van der Waals surface area contributed by atoms with Crippen molar-refractivity contribution in [2.45, 2.75) is 40.0 Å². The molecule has 0 unspecified atom stereocenters. The minimum absolute atomic E-state index is 0.00163. The quantitative estimate of drug-likeness (QED) is 0.875. The minimum atomic E-state index is 0.00163. The molecule has 128 valence electrons. The third kappa shape index (κ3) is 3.83. The highest BCUT2D eigenvalue weighted by molar-refractivity contribution is 5.94. The summed E-state index contributed by atoms with van der Waals surface area (Å²) in [5, 5.41) is 9.59. The number of aliphatic hydroxyl groups excluding tert-OH is 1. The molecule has 0 bridgehead atoms. The summed E-state index contributed by atoms with van der Waals surface area (Å²) in [6.45, 7) is 9.76. The number of amides is 1. The van der Waals surface area contributed by atoms with E-state index in [1.165, 1.54) is 0 Å². The number of anilines is 1. The van der Waals surface area contributed by atoms with Crippen LogP contribution in [0.1, 0.15) is 50.4 Å². The van der Waals surface area contributed by atoms with Gasteiger partial charge in [-0.05, 0) is 50.7 Å². The van der Waals surface area contributed by atoms with E-state index in [0.29, 0.717) is 18.7 Å². The van der Waals surface area contributed by atoms with Gasteiger partial charge in [0, 0.05) is 39.0 Å². The Morgan fingerprint density at radius 3 is 2.35 bits per heavy atom. The van der Waals surface area contributed by atoms with E-state index < -0.39 is 0 Å². The van der Waals surface area contributed by atoms with E-state index in [4.69, 9.17) is 0 Å². The lowest BCUT2D eigenvalue weighted by atomic mass is 9.77. The maximum Gasteiger partial charge on any atom is 0.255 e. The summed E-state index contributed by atoms with van der Waals surface area (Å²) >= 11 is 0. The molecule has 0 aliphatic carbocycles. The highest BCUT2D eigenvalue weighted by Gasteiger charge is 2.34. The van der Waals surface area contributed by atoms with Gasteiger partial charge in [-0.2, -0.15) is 0 Å². The van der Waals surface area contributed by atoms with Crippen LogP contribution in [0.4, 0.5) is 5.82 Å². The van der Waals surface area contributed by atoms with E-state index in [9.17, 15) is 9.90 Å². The number of carbonyl (C=O) groups excluding carboxylic acids is 1. The van der Waals surface area contributed by atoms with Gasteiger partial charge in [0.2, 0.25) is 0 Å². The molecule has 1 aromatic heterocycles. The first kappa shape index (κ1) is 17.7. The number of pyridine rings is 1. The molecule has 0 aromatic carbocycles. The highest BCUT2D eigenvalue weighted by Crippen LogP contribution is 2.34. The van der Waals surface area contributed by atoms with Crippen LogP contribution in [0.3, 0.4) is 0 Å². The van der Waals surface area contributed by atoms with Crippen LogP contribution in [0, 0.1) is 5.41 Å². The molecule has 2 heterocycles. The van der Waals surface area contributed by atoms with Crippen LogP contribution in [0.5, 0.6) is 0 Å². The highest BCUT2D eigenvalue weighted by atomic mass is 16.3. The third-order valence-corrected chi connectivity index (χ3v) is 5.28. The van der Waals surface area contributed by atoms with Crippen molar-refractivity contribution in [1.29, 1.82) is 0 Å². The zero-order valence-corrected chi connectivity index (χ0v) is 14.6. The minimum Gasteiger partial charge on any atom is -0.396 e. The monoisotopic (exact) mass is 319 g/mol. The third-order valence-electron chi connectivity index (χ3n) is 5.28. The standard InChI is InChI=1S/C18H29N3O2/c1-4-18(14-22)9-11-21(12-10-18)17(23)15-7-8-16(19-13-15)20(5-2)6-3/h7-8,13,22H,4-6,9-12,14H2,1-3H3. The number of hydrogen-bond donors (Lipinski definition) is 1. The average molecular weight is 319 g/mol. The number of rotatable bonds is 6. The van der Waals surface area contributed by atoms with Crippen molar-refractivity contribution >= 4 is 11.7 Å². The molecule has 1 N–H and O–H groups in total. The fourth-order valence-corrected chi connectivity index (χ4v) is 3.24. The lowest BCUT2D eigenvalue weighted by Gasteiger charge is -2.40. The predicted octanol–water partition coefficient (Wildman–Crippen LogP) is 2.55. The Balaban J connectivity index is 2.01. The second-order valence-electron chi connectivity index (χ2n) is 6.38. The molecule has 0 radical (unpaired) electrons. The van der Waals surface area contributed by atoms with Gasteiger partial charge in [-0.25, -0.2) is 4.98 Å². The number of nitrogens with zero attached hydrogens (tertiary/aromatic N) is 3. The van der Waals surface area contributed by atoms with Gasteiger partial charge in [0.05, 0.1) is 5.56 Å². The fraction of sp³-hybridized carbons (Fsp3) is 0.667. The van der Waals surface area contributed by atoms with E-state index in [-0.39, 0.29) is 17.9 Å². The first-order valence-corrected chi connectivity index (χ1v) is 8.70. The molecule has 1 saturated heterocycles. The van der Waals surface area contributed by atoms with Gasteiger partial charge in [0.15, 0.2) is 0 Å². The summed E-state index contributed by atoms with van der Waals surface area (Å²) in [5.74, 6) is 0.960. The van der Waals surface area contributed by atoms with E-state index in [1.807, 2.05) is 17.0 Å². The Hall–Kier alpha value is -1.62. The van der Waals surface area contributed by atoms with Crippen molar-refractivity contribution < 1.29 is 9.90 Å². The largest absolute Gasteiger partial charge is 0.396 e. The van der Waals surface area contributed by atoms with Crippen LogP contribution in [-0.2, 0) is 0 Å². The maximum atomic E-state index is 12.6. The Morgan fingerprint density at radius 1 is 1.26 bits per heavy atom. The number of aromatic nitrogens is 1. The zero-order chi connectivity index (χ0) is 16.9. The number of piperidine rings is 1. The summed E-state index contributed by atoms with van der Waals surface area (Å²) in [6, 6.07) is 3.80. The second kappa shape index (κ2) is 7.77. The molecule has 5 nitrogen and oxygen atoms in total. The topological polar surface area (TPSA) is 56.7 Å². The fourth-order valence-electron chi connectivity index (χ4n) is 3.24. The van der Waals surface area contributed by atoms with E-state index in [0.717, 1.165) is 38.2 Å². The van der Waals surface area contributed by atoms with Gasteiger partial charge in [0.1, 0.15) is 5.82 Å². The van der Waals surface area contributed by atoms with Crippen molar-refractivity contribution in [3.05, 3.63) is 23.9 Å². The lowest BCUT2D eigenvalue weighted by Crippen LogP contribution is -2.44. The van der Waals surface area contributed by atoms with Crippen LogP contribution in [-0.4, -0.2) is 53.7 Å². The molecule has 1 aliphatic rings. The number of carbonyl (C=O) groups is 1. The number of aliphatic hydroxyl groups is 1. The van der Waals surface area contributed by atoms with Crippen molar-refractivity contribution in [3.8, 4) is 0 Å². The Kier molecular flexibility index (Phi) is 5.99. The molecule has 23 heavy (non-hydrogen) atoms. The normalized spacial score (nSPS) is 17.1. The second-order valence-corrected chi connectivity index (χ2v) is 6.38. The molecule has 2 rings (SSSR count). The lowest BCUT2D eigenvalue weighted by molar-refractivity contribution is 0.0338. The van der Waals surface area contributed by atoms with Crippen molar-refractivity contribution in [2.75, 3.05) is 37.7 Å². The van der Waals surface area contributed by atoms with Gasteiger partial charge >= 0.3 is 0 Å². The summed E-state index contributed by atoms with van der Waals surface area (Å²) in [4.78, 5) is 21.1. The van der Waals surface area contributed by atoms with E-state index in [1.54, 1.807) is 6.20 Å². The van der Waals surface area contributed by atoms with Crippen LogP contribution in [0.25, 0.3) is 0 Å². The van der Waals surface area contributed by atoms with Crippen LogP contribution in [0.15, 0.2) is 18.3 Å². The molecule has 0 atom stereocenters. The first-order chi connectivity index (χ1) is 11.1. The number of likely N-dealkylation sites (tertiary alicyclic amines) is 1. The van der Waals surface area contributed by atoms with Gasteiger partial charge in [0.25, 0.3) is 5.91 Å². The molecule has 5 heteroatoms. The van der Waals surface area contributed by atoms with Crippen molar-refractivity contribution in [3.63, 3.8) is 0 Å². The predicted molar refractivity (Wildman–Crippen MR) is 92.7 cm³/mol. The van der Waals surface area contributed by atoms with Gasteiger partial charge in [-0.15, -0.1) is 0 Å². The SMILES string of the molecule is CCN(CC)c1ccc(C(=O)N2CCC(CC)(CO)CC2)cn1. The molecular weight excluding hydrogens is 290 g/mol. The van der Waals surface area contributed by atoms with Crippen LogP contribution in [0.2, 0.25) is 0 Å². The van der Waals surface area contributed by atoms with Gasteiger partial charge < -0.3 is 14.9 Å². The van der Waals surface area contributed by atoms with E-state index in [2.05, 4.69) is 30.7 Å². The molecule has 1 amide bonds. The zero-order valence-electron chi connectivity index (χ0n) is 14.6. The van der Waals surface area contributed by atoms with Gasteiger partial charge in [-0.1, -0.05) is 6.92 Å². The summed E-state index contributed by atoms with van der Waals surface area (Å²) in [5.41, 5.74) is 0.649. The number of hydrogen-bond acceptors (Lipinski definition) is 4. The van der Waals surface area contributed by atoms with Crippen LogP contribution >= 0.6 is 0 Å². The average Bonchev–Trinajstić information content (AvgIpc) is 2.63. The van der Waals surface area contributed by atoms with E-state index >= 15 is 0 Å². The molecular formula is C18H29N3O2. The van der Waals surface area contributed by atoms with Crippen molar-refractivity contribution in [1.82, 2.24) is 9.88 Å². The smallest absolute Gasteiger partial charge is 0.255 e. The Labute approximate surface area is 139 Å². The van der Waals surface area contributed by atoms with Gasteiger partial charge in [-0.3, -0.25) is 4.79 Å². The van der Waals surface area contributed by atoms with Crippen molar-refractivity contribution in [2.24, 2.45) is 5.41 Å². The maximum absolute atomic E-state index is 12.6. The summed E-state index contributed by atoms with van der Waals surface area (Å²) < 4.78 is 0. The van der Waals surface area contributed by atoms with Crippen LogP contribution < -0.4 is 4.90 Å².